The lowest BCUT2D eigenvalue weighted by molar-refractivity contribution is 0.628. The van der Waals surface area contributed by atoms with Gasteiger partial charge in [0.25, 0.3) is 0 Å². The van der Waals surface area contributed by atoms with Crippen LogP contribution in [0.15, 0.2) is 53.7 Å². The van der Waals surface area contributed by atoms with E-state index >= 15 is 0 Å². The van der Waals surface area contributed by atoms with Crippen molar-refractivity contribution in [3.05, 3.63) is 65.5 Å². The van der Waals surface area contributed by atoms with E-state index < -0.39 is 0 Å². The molecule has 0 radical (unpaired) electrons. The number of rotatable bonds is 4. The van der Waals surface area contributed by atoms with Crippen LogP contribution in [0.3, 0.4) is 0 Å². The van der Waals surface area contributed by atoms with Crippen LogP contribution in [-0.4, -0.2) is 14.9 Å². The highest BCUT2D eigenvalue weighted by Gasteiger charge is 2.12. The minimum absolute atomic E-state index is 0.291. The van der Waals surface area contributed by atoms with Crippen LogP contribution in [0, 0.1) is 12.7 Å². The molecule has 0 amide bonds. The SMILES string of the molecule is Cc1ccc(CSc2nnc(-c3ccc(F)cc3)n2N)cc1. The minimum atomic E-state index is -0.291. The van der Waals surface area contributed by atoms with Gasteiger partial charge in [-0.25, -0.2) is 9.07 Å². The molecule has 4 nitrogen and oxygen atoms in total. The third kappa shape index (κ3) is 3.12. The summed E-state index contributed by atoms with van der Waals surface area (Å²) in [6.07, 6.45) is 0. The first-order chi connectivity index (χ1) is 10.6. The molecule has 2 aromatic carbocycles. The van der Waals surface area contributed by atoms with E-state index in [1.54, 1.807) is 12.1 Å². The summed E-state index contributed by atoms with van der Waals surface area (Å²) in [4.78, 5) is 0. The number of benzene rings is 2. The van der Waals surface area contributed by atoms with Crippen molar-refractivity contribution in [1.29, 1.82) is 0 Å². The van der Waals surface area contributed by atoms with Crippen molar-refractivity contribution < 1.29 is 4.39 Å². The molecule has 1 aromatic heterocycles. The summed E-state index contributed by atoms with van der Waals surface area (Å²) < 4.78 is 14.4. The number of nitrogens with two attached hydrogens (primary N) is 1. The molecule has 22 heavy (non-hydrogen) atoms. The molecule has 3 rings (SSSR count). The van der Waals surface area contributed by atoms with Gasteiger partial charge in [-0.05, 0) is 36.8 Å². The Morgan fingerprint density at radius 2 is 1.73 bits per heavy atom. The summed E-state index contributed by atoms with van der Waals surface area (Å²) >= 11 is 1.51. The fraction of sp³-hybridized carbons (Fsp3) is 0.125. The zero-order chi connectivity index (χ0) is 15.5. The van der Waals surface area contributed by atoms with Gasteiger partial charge in [0.15, 0.2) is 5.82 Å². The fourth-order valence-corrected chi connectivity index (χ4v) is 2.82. The van der Waals surface area contributed by atoms with Crippen LogP contribution in [0.1, 0.15) is 11.1 Å². The summed E-state index contributed by atoms with van der Waals surface area (Å²) in [5.74, 6) is 7.03. The standard InChI is InChI=1S/C16H15FN4S/c1-11-2-4-12(5-3-11)10-22-16-20-19-15(21(16)18)13-6-8-14(17)9-7-13/h2-9H,10,18H2,1H3. The molecule has 0 aliphatic carbocycles. The van der Waals surface area contributed by atoms with Gasteiger partial charge in [0, 0.05) is 11.3 Å². The molecule has 0 spiro atoms. The van der Waals surface area contributed by atoms with E-state index in [1.807, 2.05) is 0 Å². The van der Waals surface area contributed by atoms with Crippen molar-refractivity contribution in [2.75, 3.05) is 5.84 Å². The van der Waals surface area contributed by atoms with E-state index in [9.17, 15) is 4.39 Å². The summed E-state index contributed by atoms with van der Waals surface area (Å²) in [5.41, 5.74) is 3.16. The average molecular weight is 314 g/mol. The summed E-state index contributed by atoms with van der Waals surface area (Å²) in [5, 5.41) is 8.82. The van der Waals surface area contributed by atoms with Gasteiger partial charge in [0.05, 0.1) is 0 Å². The molecule has 6 heteroatoms. The van der Waals surface area contributed by atoms with Gasteiger partial charge >= 0.3 is 0 Å². The monoisotopic (exact) mass is 314 g/mol. The Morgan fingerprint density at radius 1 is 1.05 bits per heavy atom. The predicted molar refractivity (Wildman–Crippen MR) is 86.3 cm³/mol. The van der Waals surface area contributed by atoms with Gasteiger partial charge in [-0.2, -0.15) is 0 Å². The van der Waals surface area contributed by atoms with E-state index in [-0.39, 0.29) is 5.82 Å². The normalized spacial score (nSPS) is 10.8. The van der Waals surface area contributed by atoms with Crippen molar-refractivity contribution in [2.24, 2.45) is 0 Å². The summed E-state index contributed by atoms with van der Waals surface area (Å²) in [6, 6.07) is 14.3. The highest BCUT2D eigenvalue weighted by Crippen LogP contribution is 2.24. The average Bonchev–Trinajstić information content (AvgIpc) is 2.89. The first-order valence-corrected chi connectivity index (χ1v) is 7.77. The summed E-state index contributed by atoms with van der Waals surface area (Å²) in [7, 11) is 0. The van der Waals surface area contributed by atoms with Gasteiger partial charge in [-0.1, -0.05) is 41.6 Å². The number of hydrogen-bond donors (Lipinski definition) is 1. The number of thioether (sulfide) groups is 1. The molecule has 0 unspecified atom stereocenters. The number of hydrogen-bond acceptors (Lipinski definition) is 4. The lowest BCUT2D eigenvalue weighted by Crippen LogP contribution is -2.11. The maximum Gasteiger partial charge on any atom is 0.210 e. The maximum absolute atomic E-state index is 13.0. The molecule has 0 bridgehead atoms. The number of aryl methyl sites for hydroxylation is 1. The third-order valence-electron chi connectivity index (χ3n) is 3.26. The zero-order valence-corrected chi connectivity index (χ0v) is 12.8. The third-order valence-corrected chi connectivity index (χ3v) is 4.27. The Labute approximate surface area is 132 Å². The van der Waals surface area contributed by atoms with E-state index in [4.69, 9.17) is 5.84 Å². The smallest absolute Gasteiger partial charge is 0.210 e. The highest BCUT2D eigenvalue weighted by atomic mass is 32.2. The first-order valence-electron chi connectivity index (χ1n) is 6.78. The molecular weight excluding hydrogens is 299 g/mol. The van der Waals surface area contributed by atoms with Crippen LogP contribution in [-0.2, 0) is 5.75 Å². The second-order valence-corrected chi connectivity index (χ2v) is 5.90. The molecule has 0 saturated carbocycles. The Bertz CT molecular complexity index is 766. The Hall–Kier alpha value is -2.34. The molecule has 2 N–H and O–H groups in total. The molecule has 0 aliphatic heterocycles. The molecule has 112 valence electrons. The van der Waals surface area contributed by atoms with Gasteiger partial charge in [-0.3, -0.25) is 0 Å². The first kappa shape index (κ1) is 14.6. The molecule has 1 heterocycles. The van der Waals surface area contributed by atoms with Gasteiger partial charge in [0.1, 0.15) is 5.82 Å². The van der Waals surface area contributed by atoms with E-state index in [0.717, 1.165) is 11.3 Å². The molecule has 0 atom stereocenters. The zero-order valence-electron chi connectivity index (χ0n) is 12.0. The van der Waals surface area contributed by atoms with Gasteiger partial charge in [0.2, 0.25) is 5.16 Å². The molecule has 3 aromatic rings. The van der Waals surface area contributed by atoms with Crippen molar-refractivity contribution in [2.45, 2.75) is 17.8 Å². The van der Waals surface area contributed by atoms with Crippen LogP contribution in [0.25, 0.3) is 11.4 Å². The van der Waals surface area contributed by atoms with Gasteiger partial charge in [-0.15, -0.1) is 10.2 Å². The Kier molecular flexibility index (Phi) is 4.11. The second kappa shape index (κ2) is 6.19. The Balaban J connectivity index is 1.75. The molecule has 0 fully saturated rings. The van der Waals surface area contributed by atoms with Gasteiger partial charge < -0.3 is 5.84 Å². The number of nitrogens with zero attached hydrogens (tertiary/aromatic N) is 3. The molecule has 0 saturated heterocycles. The molecule has 0 aliphatic rings. The van der Waals surface area contributed by atoms with Crippen LogP contribution in [0.5, 0.6) is 0 Å². The quantitative estimate of drug-likeness (QED) is 0.592. The van der Waals surface area contributed by atoms with Crippen molar-refractivity contribution in [3.8, 4) is 11.4 Å². The maximum atomic E-state index is 13.0. The number of aromatic nitrogens is 3. The van der Waals surface area contributed by atoms with Crippen molar-refractivity contribution >= 4 is 11.8 Å². The summed E-state index contributed by atoms with van der Waals surface area (Å²) in [6.45, 7) is 2.06. The lowest BCUT2D eigenvalue weighted by Gasteiger charge is -2.04. The van der Waals surface area contributed by atoms with E-state index in [0.29, 0.717) is 11.0 Å². The number of halogens is 1. The van der Waals surface area contributed by atoms with E-state index in [1.165, 1.54) is 39.7 Å². The predicted octanol–water partition coefficient (Wildman–Crippen LogP) is 3.40. The fourth-order valence-electron chi connectivity index (χ4n) is 2.00. The van der Waals surface area contributed by atoms with Crippen LogP contribution < -0.4 is 5.84 Å². The van der Waals surface area contributed by atoms with E-state index in [2.05, 4.69) is 41.4 Å². The van der Waals surface area contributed by atoms with Crippen LogP contribution in [0.2, 0.25) is 0 Å². The second-order valence-electron chi connectivity index (χ2n) is 4.96. The minimum Gasteiger partial charge on any atom is -0.335 e. The van der Waals surface area contributed by atoms with Crippen LogP contribution >= 0.6 is 11.8 Å². The van der Waals surface area contributed by atoms with Crippen LogP contribution in [0.4, 0.5) is 4.39 Å². The number of nitrogen functional groups attached to an aromatic ring is 1. The topological polar surface area (TPSA) is 56.7 Å². The lowest BCUT2D eigenvalue weighted by atomic mass is 10.2. The highest BCUT2D eigenvalue weighted by molar-refractivity contribution is 7.98. The van der Waals surface area contributed by atoms with Crippen molar-refractivity contribution in [3.63, 3.8) is 0 Å². The molecular formula is C16H15FN4S. The Morgan fingerprint density at radius 3 is 2.41 bits per heavy atom. The van der Waals surface area contributed by atoms with Crippen molar-refractivity contribution in [1.82, 2.24) is 14.9 Å². The largest absolute Gasteiger partial charge is 0.335 e.